The third-order valence-corrected chi connectivity index (χ3v) is 4.71. The molecule has 0 atom stereocenters. The maximum atomic E-state index is 6.15. The van der Waals surface area contributed by atoms with Crippen molar-refractivity contribution in [3.8, 4) is 0 Å². The van der Waals surface area contributed by atoms with E-state index in [1.165, 1.54) is 23.1 Å². The molecule has 19 heavy (non-hydrogen) atoms. The summed E-state index contributed by atoms with van der Waals surface area (Å²) in [5, 5.41) is 13.8. The van der Waals surface area contributed by atoms with Crippen LogP contribution in [0.25, 0.3) is 0 Å². The SMILES string of the molecule is CCCNc1nc(Sc2nnc(C)s2)c(Cl)cc1Cl. The number of nitrogens with zero attached hydrogens (tertiary/aromatic N) is 3. The molecule has 0 aliphatic heterocycles. The van der Waals surface area contributed by atoms with Crippen molar-refractivity contribution in [2.45, 2.75) is 29.6 Å². The Labute approximate surface area is 129 Å². The highest BCUT2D eigenvalue weighted by Gasteiger charge is 2.12. The average molecular weight is 335 g/mol. The molecule has 0 spiro atoms. The molecular formula is C11H12Cl2N4S2. The standard InChI is InChI=1S/C11H12Cl2N4S2/c1-3-4-14-9-7(12)5-8(13)10(15-9)19-11-17-16-6(2)18-11/h5H,3-4H2,1-2H3,(H,14,15). The van der Waals surface area contributed by atoms with Crippen LogP contribution in [-0.4, -0.2) is 21.7 Å². The third kappa shape index (κ3) is 3.95. The molecule has 0 fully saturated rings. The first-order chi connectivity index (χ1) is 9.10. The zero-order valence-electron chi connectivity index (χ0n) is 10.4. The molecule has 1 N–H and O–H groups in total. The summed E-state index contributed by atoms with van der Waals surface area (Å²) < 4.78 is 0.815. The predicted molar refractivity (Wildman–Crippen MR) is 81.8 cm³/mol. The maximum Gasteiger partial charge on any atom is 0.180 e. The van der Waals surface area contributed by atoms with Gasteiger partial charge in [-0.05, 0) is 31.2 Å². The first-order valence-corrected chi connectivity index (χ1v) is 8.07. The molecular weight excluding hydrogens is 323 g/mol. The van der Waals surface area contributed by atoms with Gasteiger partial charge in [-0.2, -0.15) is 0 Å². The van der Waals surface area contributed by atoms with Crippen molar-refractivity contribution < 1.29 is 0 Å². The number of hydrogen-bond donors (Lipinski definition) is 1. The van der Waals surface area contributed by atoms with Crippen LogP contribution in [-0.2, 0) is 0 Å². The molecule has 0 saturated heterocycles. The van der Waals surface area contributed by atoms with E-state index in [-0.39, 0.29) is 0 Å². The summed E-state index contributed by atoms with van der Waals surface area (Å²) in [6.45, 7) is 4.81. The van der Waals surface area contributed by atoms with Crippen LogP contribution in [0, 0.1) is 6.92 Å². The van der Waals surface area contributed by atoms with E-state index < -0.39 is 0 Å². The van der Waals surface area contributed by atoms with Gasteiger partial charge in [-0.3, -0.25) is 0 Å². The highest BCUT2D eigenvalue weighted by Crippen LogP contribution is 2.36. The van der Waals surface area contributed by atoms with E-state index in [0.717, 1.165) is 22.3 Å². The van der Waals surface area contributed by atoms with Crippen LogP contribution in [0.1, 0.15) is 18.4 Å². The highest BCUT2D eigenvalue weighted by molar-refractivity contribution is 8.01. The smallest absolute Gasteiger partial charge is 0.180 e. The van der Waals surface area contributed by atoms with Crippen molar-refractivity contribution in [1.29, 1.82) is 0 Å². The minimum atomic E-state index is 0.518. The maximum absolute atomic E-state index is 6.15. The molecule has 102 valence electrons. The molecule has 0 aliphatic carbocycles. The highest BCUT2D eigenvalue weighted by atomic mass is 35.5. The van der Waals surface area contributed by atoms with Gasteiger partial charge >= 0.3 is 0 Å². The molecule has 2 heterocycles. The van der Waals surface area contributed by atoms with Gasteiger partial charge in [0.05, 0.1) is 10.0 Å². The topological polar surface area (TPSA) is 50.7 Å². The second kappa shape index (κ2) is 6.74. The second-order valence-electron chi connectivity index (χ2n) is 3.72. The van der Waals surface area contributed by atoms with Crippen LogP contribution < -0.4 is 5.32 Å². The third-order valence-electron chi connectivity index (χ3n) is 2.13. The molecule has 0 amide bonds. The van der Waals surface area contributed by atoms with Crippen LogP contribution in [0.4, 0.5) is 5.82 Å². The largest absolute Gasteiger partial charge is 0.369 e. The molecule has 2 aromatic heterocycles. The van der Waals surface area contributed by atoms with E-state index in [2.05, 4.69) is 27.4 Å². The van der Waals surface area contributed by atoms with Gasteiger partial charge < -0.3 is 5.32 Å². The number of rotatable bonds is 5. The fraction of sp³-hybridized carbons (Fsp3) is 0.364. The Kier molecular flexibility index (Phi) is 5.27. The zero-order valence-corrected chi connectivity index (χ0v) is 13.6. The Morgan fingerprint density at radius 2 is 2.11 bits per heavy atom. The first-order valence-electron chi connectivity index (χ1n) is 5.68. The Hall–Kier alpha value is -0.560. The number of anilines is 1. The van der Waals surface area contributed by atoms with Crippen molar-refractivity contribution >= 4 is 52.1 Å². The molecule has 0 radical (unpaired) electrons. The fourth-order valence-electron chi connectivity index (χ4n) is 1.29. The van der Waals surface area contributed by atoms with Gasteiger partial charge in [-0.15, -0.1) is 10.2 Å². The van der Waals surface area contributed by atoms with Crippen molar-refractivity contribution in [2.75, 3.05) is 11.9 Å². The molecule has 2 aromatic rings. The molecule has 0 aliphatic rings. The lowest BCUT2D eigenvalue weighted by atomic mass is 10.4. The molecule has 0 unspecified atom stereocenters. The van der Waals surface area contributed by atoms with Crippen LogP contribution >= 0.6 is 46.3 Å². The summed E-state index contributed by atoms with van der Waals surface area (Å²) in [5.74, 6) is 0.650. The summed E-state index contributed by atoms with van der Waals surface area (Å²) in [6.07, 6.45) is 0.999. The zero-order chi connectivity index (χ0) is 13.8. The monoisotopic (exact) mass is 334 g/mol. The van der Waals surface area contributed by atoms with Crippen LogP contribution in [0.5, 0.6) is 0 Å². The van der Waals surface area contributed by atoms with E-state index >= 15 is 0 Å². The molecule has 0 bridgehead atoms. The second-order valence-corrected chi connectivity index (χ2v) is 6.95. The van der Waals surface area contributed by atoms with Gasteiger partial charge in [0, 0.05) is 6.54 Å². The molecule has 8 heteroatoms. The van der Waals surface area contributed by atoms with Gasteiger partial charge in [0.25, 0.3) is 0 Å². The van der Waals surface area contributed by atoms with E-state index in [9.17, 15) is 0 Å². The lowest BCUT2D eigenvalue weighted by Gasteiger charge is -2.09. The molecule has 0 aromatic carbocycles. The van der Waals surface area contributed by atoms with E-state index in [0.29, 0.717) is 20.9 Å². The summed E-state index contributed by atoms with van der Waals surface area (Å²) in [7, 11) is 0. The van der Waals surface area contributed by atoms with Crippen molar-refractivity contribution in [1.82, 2.24) is 15.2 Å². The van der Waals surface area contributed by atoms with Gasteiger partial charge in [0.15, 0.2) is 4.34 Å². The first kappa shape index (κ1) is 14.8. The van der Waals surface area contributed by atoms with Crippen LogP contribution in [0.15, 0.2) is 15.4 Å². The van der Waals surface area contributed by atoms with E-state index in [4.69, 9.17) is 23.2 Å². The van der Waals surface area contributed by atoms with Gasteiger partial charge in [0.1, 0.15) is 15.9 Å². The van der Waals surface area contributed by atoms with Gasteiger partial charge in [-0.25, -0.2) is 4.98 Å². The van der Waals surface area contributed by atoms with Crippen LogP contribution in [0.3, 0.4) is 0 Å². The normalized spacial score (nSPS) is 10.7. The summed E-state index contributed by atoms with van der Waals surface area (Å²) in [5.41, 5.74) is 0. The van der Waals surface area contributed by atoms with Crippen molar-refractivity contribution in [3.05, 3.63) is 21.1 Å². The Bertz CT molecular complexity index is 574. The van der Waals surface area contributed by atoms with Crippen LogP contribution in [0.2, 0.25) is 10.0 Å². The fourth-order valence-corrected chi connectivity index (χ4v) is 3.55. The quantitative estimate of drug-likeness (QED) is 0.870. The molecule has 2 rings (SSSR count). The Morgan fingerprint density at radius 3 is 2.74 bits per heavy atom. The number of pyridine rings is 1. The van der Waals surface area contributed by atoms with Gasteiger partial charge in [0.2, 0.25) is 0 Å². The number of halogens is 2. The number of hydrogen-bond acceptors (Lipinski definition) is 6. The van der Waals surface area contributed by atoms with Gasteiger partial charge in [-0.1, -0.05) is 41.5 Å². The molecule has 4 nitrogen and oxygen atoms in total. The summed E-state index contributed by atoms with van der Waals surface area (Å²) >= 11 is 15.2. The number of nitrogens with one attached hydrogen (secondary N) is 1. The van der Waals surface area contributed by atoms with E-state index in [1.807, 2.05) is 6.92 Å². The Balaban J connectivity index is 2.24. The Morgan fingerprint density at radius 1 is 1.32 bits per heavy atom. The minimum Gasteiger partial charge on any atom is -0.369 e. The minimum absolute atomic E-state index is 0.518. The molecule has 0 saturated carbocycles. The summed E-state index contributed by atoms with van der Waals surface area (Å²) in [4.78, 5) is 4.44. The average Bonchev–Trinajstić information content (AvgIpc) is 2.77. The predicted octanol–water partition coefficient (Wildman–Crippen LogP) is 4.52. The number of aryl methyl sites for hydroxylation is 1. The lowest BCUT2D eigenvalue weighted by molar-refractivity contribution is 0.957. The van der Waals surface area contributed by atoms with Crippen molar-refractivity contribution in [2.24, 2.45) is 0 Å². The lowest BCUT2D eigenvalue weighted by Crippen LogP contribution is -2.03. The van der Waals surface area contributed by atoms with E-state index in [1.54, 1.807) is 6.07 Å². The summed E-state index contributed by atoms with van der Waals surface area (Å²) in [6, 6.07) is 1.70. The van der Waals surface area contributed by atoms with Crippen molar-refractivity contribution in [3.63, 3.8) is 0 Å². The number of aromatic nitrogens is 3.